The molecule has 4 N–H and O–H groups in total. The smallest absolute Gasteiger partial charge is 0.206 e. The van der Waals surface area contributed by atoms with Crippen LogP contribution in [-0.2, 0) is 0 Å². The molecule has 0 heterocycles. The van der Waals surface area contributed by atoms with Crippen molar-refractivity contribution >= 4 is 12.2 Å². The first-order valence-corrected chi connectivity index (χ1v) is 4.81. The van der Waals surface area contributed by atoms with Gasteiger partial charge in [-0.2, -0.15) is 5.10 Å². The van der Waals surface area contributed by atoms with Gasteiger partial charge in [0.2, 0.25) is 5.96 Å². The van der Waals surface area contributed by atoms with E-state index < -0.39 is 0 Å². The van der Waals surface area contributed by atoms with Crippen LogP contribution in [-0.4, -0.2) is 12.2 Å². The third kappa shape index (κ3) is 3.92. The molecule has 4 heteroatoms. The van der Waals surface area contributed by atoms with Crippen LogP contribution in [0.2, 0.25) is 0 Å². The van der Waals surface area contributed by atoms with E-state index in [1.165, 1.54) is 25.7 Å². The summed E-state index contributed by atoms with van der Waals surface area (Å²) in [6, 6.07) is 0. The predicted molar refractivity (Wildman–Crippen MR) is 54.7 cm³/mol. The Bertz CT molecular complexity index is 192. The van der Waals surface area contributed by atoms with Gasteiger partial charge in [0.1, 0.15) is 0 Å². The van der Waals surface area contributed by atoms with Gasteiger partial charge in [0.15, 0.2) is 0 Å². The Morgan fingerprint density at radius 3 is 2.62 bits per heavy atom. The fourth-order valence-corrected chi connectivity index (χ4v) is 1.65. The number of nitrogens with one attached hydrogen (secondary N) is 2. The number of rotatable bonds is 2. The highest BCUT2D eigenvalue weighted by Gasteiger charge is 2.16. The van der Waals surface area contributed by atoms with Crippen molar-refractivity contribution < 1.29 is 0 Å². The van der Waals surface area contributed by atoms with Crippen molar-refractivity contribution in [2.45, 2.75) is 32.6 Å². The minimum atomic E-state index is -0.0968. The normalized spacial score (nSPS) is 29.0. The molecule has 0 bridgehead atoms. The third-order valence-corrected chi connectivity index (χ3v) is 2.53. The minimum absolute atomic E-state index is 0.0968. The summed E-state index contributed by atoms with van der Waals surface area (Å²) in [5, 5.41) is 10.8. The highest BCUT2D eigenvalue weighted by Crippen LogP contribution is 2.26. The minimum Gasteiger partial charge on any atom is -0.369 e. The Balaban J connectivity index is 2.22. The first-order valence-electron chi connectivity index (χ1n) is 4.81. The van der Waals surface area contributed by atoms with Gasteiger partial charge in [0, 0.05) is 6.21 Å². The molecule has 74 valence electrons. The molecule has 0 amide bonds. The van der Waals surface area contributed by atoms with E-state index in [9.17, 15) is 0 Å². The largest absolute Gasteiger partial charge is 0.369 e. The van der Waals surface area contributed by atoms with E-state index >= 15 is 0 Å². The molecule has 0 atom stereocenters. The molecule has 0 aromatic carbocycles. The molecule has 1 aliphatic rings. The number of nitrogens with two attached hydrogens (primary N) is 1. The lowest BCUT2D eigenvalue weighted by molar-refractivity contribution is 0.347. The van der Waals surface area contributed by atoms with Crippen molar-refractivity contribution in [1.82, 2.24) is 5.43 Å². The van der Waals surface area contributed by atoms with Gasteiger partial charge in [-0.1, -0.05) is 19.8 Å². The van der Waals surface area contributed by atoms with Crippen LogP contribution in [0.1, 0.15) is 32.6 Å². The van der Waals surface area contributed by atoms with Crippen LogP contribution in [0, 0.1) is 17.2 Å². The molecule has 1 rings (SSSR count). The third-order valence-electron chi connectivity index (χ3n) is 2.53. The Morgan fingerprint density at radius 2 is 2.08 bits per heavy atom. The van der Waals surface area contributed by atoms with Crippen molar-refractivity contribution in [2.75, 3.05) is 0 Å². The molecule has 1 aliphatic carbocycles. The van der Waals surface area contributed by atoms with E-state index in [-0.39, 0.29) is 5.96 Å². The molecule has 0 aromatic rings. The van der Waals surface area contributed by atoms with E-state index in [1.807, 2.05) is 6.21 Å². The molecule has 1 saturated carbocycles. The summed E-state index contributed by atoms with van der Waals surface area (Å²) in [5.41, 5.74) is 7.52. The van der Waals surface area contributed by atoms with E-state index in [1.54, 1.807) is 0 Å². The van der Waals surface area contributed by atoms with Crippen LogP contribution in [0.4, 0.5) is 0 Å². The first-order chi connectivity index (χ1) is 6.18. The van der Waals surface area contributed by atoms with E-state index in [4.69, 9.17) is 11.1 Å². The molecule has 13 heavy (non-hydrogen) atoms. The van der Waals surface area contributed by atoms with Crippen molar-refractivity contribution in [2.24, 2.45) is 22.7 Å². The zero-order valence-corrected chi connectivity index (χ0v) is 8.09. The summed E-state index contributed by atoms with van der Waals surface area (Å²) in [4.78, 5) is 0. The Labute approximate surface area is 79.1 Å². The van der Waals surface area contributed by atoms with Gasteiger partial charge in [0.25, 0.3) is 0 Å². The van der Waals surface area contributed by atoms with Gasteiger partial charge in [-0.15, -0.1) is 0 Å². The summed E-state index contributed by atoms with van der Waals surface area (Å²) in [6.45, 7) is 2.29. The molecular formula is C9H18N4. The van der Waals surface area contributed by atoms with Crippen LogP contribution >= 0.6 is 0 Å². The summed E-state index contributed by atoms with van der Waals surface area (Å²) < 4.78 is 0. The summed E-state index contributed by atoms with van der Waals surface area (Å²) >= 11 is 0. The van der Waals surface area contributed by atoms with Crippen LogP contribution in [0.3, 0.4) is 0 Å². The number of hydrogen-bond donors (Lipinski definition) is 3. The average molecular weight is 182 g/mol. The molecule has 0 spiro atoms. The van der Waals surface area contributed by atoms with Crippen LogP contribution < -0.4 is 11.2 Å². The molecule has 1 fully saturated rings. The fourth-order valence-electron chi connectivity index (χ4n) is 1.65. The number of hydrogen-bond acceptors (Lipinski definition) is 2. The highest BCUT2D eigenvalue weighted by molar-refractivity contribution is 5.75. The van der Waals surface area contributed by atoms with Crippen molar-refractivity contribution in [3.63, 3.8) is 0 Å². The van der Waals surface area contributed by atoms with Gasteiger partial charge in [0.05, 0.1) is 0 Å². The van der Waals surface area contributed by atoms with Gasteiger partial charge in [-0.05, 0) is 24.7 Å². The molecular weight excluding hydrogens is 164 g/mol. The van der Waals surface area contributed by atoms with Crippen LogP contribution in [0.5, 0.6) is 0 Å². The van der Waals surface area contributed by atoms with Gasteiger partial charge >= 0.3 is 0 Å². The van der Waals surface area contributed by atoms with E-state index in [0.717, 1.165) is 5.92 Å². The summed E-state index contributed by atoms with van der Waals surface area (Å²) in [6.07, 6.45) is 6.88. The number of guanidine groups is 1. The molecule has 0 aromatic heterocycles. The molecule has 4 nitrogen and oxygen atoms in total. The van der Waals surface area contributed by atoms with E-state index in [0.29, 0.717) is 5.92 Å². The van der Waals surface area contributed by atoms with Gasteiger partial charge < -0.3 is 5.73 Å². The maximum absolute atomic E-state index is 6.90. The molecule has 0 saturated heterocycles. The maximum atomic E-state index is 6.90. The molecule has 0 unspecified atom stereocenters. The standard InChI is InChI=1S/C9H18N4/c1-7-2-4-8(5-3-7)6-12-13-9(10)11/h6-8H,2-5H2,1H3,(H4,10,11,13)/b12-6+. The Kier molecular flexibility index (Phi) is 3.73. The lowest BCUT2D eigenvalue weighted by Crippen LogP contribution is -2.26. The summed E-state index contributed by atoms with van der Waals surface area (Å²) in [5.74, 6) is 1.34. The predicted octanol–water partition coefficient (Wildman–Crippen LogP) is 1.28. The van der Waals surface area contributed by atoms with E-state index in [2.05, 4.69) is 17.5 Å². The first kappa shape index (κ1) is 10.0. The Morgan fingerprint density at radius 1 is 1.46 bits per heavy atom. The summed E-state index contributed by atoms with van der Waals surface area (Å²) in [7, 11) is 0. The van der Waals surface area contributed by atoms with Crippen molar-refractivity contribution in [3.05, 3.63) is 0 Å². The Hall–Kier alpha value is -1.06. The monoisotopic (exact) mass is 182 g/mol. The fraction of sp³-hybridized carbons (Fsp3) is 0.778. The van der Waals surface area contributed by atoms with Crippen molar-refractivity contribution in [1.29, 1.82) is 5.41 Å². The van der Waals surface area contributed by atoms with Gasteiger partial charge in [-0.25, -0.2) is 5.43 Å². The zero-order chi connectivity index (χ0) is 9.68. The second-order valence-electron chi connectivity index (χ2n) is 3.82. The quantitative estimate of drug-likeness (QED) is 0.342. The SMILES string of the molecule is CC1CCC(/C=N/NC(=N)N)CC1. The molecule has 0 aliphatic heterocycles. The average Bonchev–Trinajstić information content (AvgIpc) is 2.08. The second-order valence-corrected chi connectivity index (χ2v) is 3.82. The van der Waals surface area contributed by atoms with Gasteiger partial charge in [-0.3, -0.25) is 5.41 Å². The number of hydrazone groups is 1. The molecule has 0 radical (unpaired) electrons. The van der Waals surface area contributed by atoms with Crippen LogP contribution in [0.25, 0.3) is 0 Å². The number of nitrogens with zero attached hydrogens (tertiary/aromatic N) is 1. The maximum Gasteiger partial charge on any atom is 0.206 e. The van der Waals surface area contributed by atoms with Crippen molar-refractivity contribution in [3.8, 4) is 0 Å². The zero-order valence-electron chi connectivity index (χ0n) is 8.09. The lowest BCUT2D eigenvalue weighted by atomic mass is 9.84. The second kappa shape index (κ2) is 4.84. The lowest BCUT2D eigenvalue weighted by Gasteiger charge is -2.22. The van der Waals surface area contributed by atoms with Crippen LogP contribution in [0.15, 0.2) is 5.10 Å². The topological polar surface area (TPSA) is 74.3 Å². The highest BCUT2D eigenvalue weighted by atomic mass is 15.3.